The Bertz CT molecular complexity index is 462. The van der Waals surface area contributed by atoms with Crippen molar-refractivity contribution in [2.45, 2.75) is 51.0 Å². The molecule has 1 fully saturated rings. The van der Waals surface area contributed by atoms with E-state index >= 15 is 0 Å². The molecular formula is C13H18N2OS. The molecule has 3 N–H and O–H groups in total. The molecule has 0 aromatic carbocycles. The fourth-order valence-corrected chi connectivity index (χ4v) is 3.88. The van der Waals surface area contributed by atoms with Crippen LogP contribution in [0.25, 0.3) is 0 Å². The Balaban J connectivity index is 1.96. The zero-order valence-electron chi connectivity index (χ0n) is 10.1. The number of nitrogens with one attached hydrogen (secondary N) is 1. The lowest BCUT2D eigenvalue weighted by atomic mass is 9.86. The molecular weight excluding hydrogens is 232 g/mol. The maximum atomic E-state index is 12.2. The van der Waals surface area contributed by atoms with Crippen molar-refractivity contribution < 1.29 is 4.79 Å². The maximum Gasteiger partial charge on any atom is 0.254 e. The van der Waals surface area contributed by atoms with Gasteiger partial charge in [-0.05, 0) is 43.6 Å². The SMILES string of the molecule is CC1CCCc2sc(N)c(C(=O)NC3CC3)c21. The highest BCUT2D eigenvalue weighted by molar-refractivity contribution is 7.16. The number of nitrogen functional groups attached to an aromatic ring is 1. The molecule has 2 aliphatic rings. The summed E-state index contributed by atoms with van der Waals surface area (Å²) in [5.41, 5.74) is 8.05. The predicted octanol–water partition coefficient (Wildman–Crippen LogP) is 2.66. The van der Waals surface area contributed by atoms with E-state index in [1.165, 1.54) is 23.3 Å². The molecule has 1 amide bonds. The molecule has 92 valence electrons. The molecule has 0 saturated heterocycles. The van der Waals surface area contributed by atoms with Gasteiger partial charge in [0, 0.05) is 10.9 Å². The number of fused-ring (bicyclic) bond motifs is 1. The van der Waals surface area contributed by atoms with E-state index in [9.17, 15) is 4.79 Å². The number of carbonyl (C=O) groups is 1. The molecule has 17 heavy (non-hydrogen) atoms. The minimum atomic E-state index is 0.0521. The lowest BCUT2D eigenvalue weighted by Gasteiger charge is -2.20. The molecule has 1 aromatic heterocycles. The first-order valence-corrected chi connectivity index (χ1v) is 7.20. The molecule has 2 aliphatic carbocycles. The number of anilines is 1. The monoisotopic (exact) mass is 250 g/mol. The van der Waals surface area contributed by atoms with E-state index in [2.05, 4.69) is 12.2 Å². The summed E-state index contributed by atoms with van der Waals surface area (Å²) in [5.74, 6) is 0.531. The first-order valence-electron chi connectivity index (χ1n) is 6.38. The van der Waals surface area contributed by atoms with Gasteiger partial charge in [-0.15, -0.1) is 11.3 Å². The van der Waals surface area contributed by atoms with Crippen LogP contribution in [-0.4, -0.2) is 11.9 Å². The predicted molar refractivity (Wildman–Crippen MR) is 70.6 cm³/mol. The Morgan fingerprint density at radius 1 is 1.41 bits per heavy atom. The molecule has 1 unspecified atom stereocenters. The molecule has 3 nitrogen and oxygen atoms in total. The highest BCUT2D eigenvalue weighted by Gasteiger charge is 2.31. The summed E-state index contributed by atoms with van der Waals surface area (Å²) in [6.45, 7) is 2.21. The van der Waals surface area contributed by atoms with Gasteiger partial charge in [-0.25, -0.2) is 0 Å². The average molecular weight is 250 g/mol. The average Bonchev–Trinajstić information content (AvgIpc) is 3.00. The minimum absolute atomic E-state index is 0.0521. The Hall–Kier alpha value is -1.03. The smallest absolute Gasteiger partial charge is 0.254 e. The van der Waals surface area contributed by atoms with E-state index in [1.54, 1.807) is 11.3 Å². The van der Waals surface area contributed by atoms with Gasteiger partial charge in [0.15, 0.2) is 0 Å². The molecule has 1 saturated carbocycles. The van der Waals surface area contributed by atoms with Crippen LogP contribution in [-0.2, 0) is 6.42 Å². The van der Waals surface area contributed by atoms with Gasteiger partial charge >= 0.3 is 0 Å². The molecule has 0 bridgehead atoms. The number of aryl methyl sites for hydroxylation is 1. The van der Waals surface area contributed by atoms with Gasteiger partial charge in [-0.2, -0.15) is 0 Å². The van der Waals surface area contributed by atoms with Crippen molar-refractivity contribution in [3.63, 3.8) is 0 Å². The number of carbonyl (C=O) groups excluding carboxylic acids is 1. The number of amides is 1. The van der Waals surface area contributed by atoms with Crippen molar-refractivity contribution in [1.29, 1.82) is 0 Å². The summed E-state index contributed by atoms with van der Waals surface area (Å²) in [5, 5.41) is 3.77. The van der Waals surface area contributed by atoms with Crippen LogP contribution in [0.3, 0.4) is 0 Å². The summed E-state index contributed by atoms with van der Waals surface area (Å²) in [6.07, 6.45) is 5.72. The second-order valence-electron chi connectivity index (χ2n) is 5.22. The van der Waals surface area contributed by atoms with E-state index in [4.69, 9.17) is 5.73 Å². The molecule has 1 atom stereocenters. The van der Waals surface area contributed by atoms with Crippen LogP contribution in [0.2, 0.25) is 0 Å². The first-order chi connectivity index (χ1) is 8.16. The molecule has 0 radical (unpaired) electrons. The van der Waals surface area contributed by atoms with Crippen molar-refractivity contribution in [2.75, 3.05) is 5.73 Å². The number of thiophene rings is 1. The third-order valence-electron chi connectivity index (χ3n) is 3.72. The molecule has 3 rings (SSSR count). The van der Waals surface area contributed by atoms with Gasteiger partial charge in [-0.3, -0.25) is 4.79 Å². The third kappa shape index (κ3) is 1.95. The van der Waals surface area contributed by atoms with E-state index in [-0.39, 0.29) is 5.91 Å². The van der Waals surface area contributed by atoms with Gasteiger partial charge in [0.1, 0.15) is 0 Å². The number of hydrogen-bond acceptors (Lipinski definition) is 3. The van der Waals surface area contributed by atoms with Gasteiger partial charge in [0.2, 0.25) is 0 Å². The normalized spacial score (nSPS) is 23.2. The van der Waals surface area contributed by atoms with Crippen molar-refractivity contribution in [2.24, 2.45) is 0 Å². The fourth-order valence-electron chi connectivity index (χ4n) is 2.65. The van der Waals surface area contributed by atoms with Gasteiger partial charge < -0.3 is 11.1 Å². The number of rotatable bonds is 2. The fraction of sp³-hybridized carbons (Fsp3) is 0.615. The molecule has 1 heterocycles. The van der Waals surface area contributed by atoms with E-state index in [0.29, 0.717) is 17.0 Å². The summed E-state index contributed by atoms with van der Waals surface area (Å²) in [7, 11) is 0. The van der Waals surface area contributed by atoms with Crippen molar-refractivity contribution in [1.82, 2.24) is 5.32 Å². The van der Waals surface area contributed by atoms with E-state index < -0.39 is 0 Å². The van der Waals surface area contributed by atoms with Gasteiger partial charge in [-0.1, -0.05) is 6.92 Å². The van der Waals surface area contributed by atoms with Crippen LogP contribution < -0.4 is 11.1 Å². The molecule has 0 spiro atoms. The molecule has 1 aromatic rings. The van der Waals surface area contributed by atoms with Crippen LogP contribution in [0.15, 0.2) is 0 Å². The van der Waals surface area contributed by atoms with Crippen LogP contribution in [0.5, 0.6) is 0 Å². The summed E-state index contributed by atoms with van der Waals surface area (Å²) < 4.78 is 0. The van der Waals surface area contributed by atoms with Gasteiger partial charge in [0.05, 0.1) is 10.6 Å². The number of nitrogens with two attached hydrogens (primary N) is 1. The van der Waals surface area contributed by atoms with E-state index in [0.717, 1.165) is 24.8 Å². The lowest BCUT2D eigenvalue weighted by molar-refractivity contribution is 0.0951. The summed E-state index contributed by atoms with van der Waals surface area (Å²) >= 11 is 1.61. The quantitative estimate of drug-likeness (QED) is 0.848. The maximum absolute atomic E-state index is 12.2. The molecule has 0 aliphatic heterocycles. The third-order valence-corrected chi connectivity index (χ3v) is 4.82. The second kappa shape index (κ2) is 4.02. The standard InChI is InChI=1S/C13H18N2OS/c1-7-3-2-4-9-10(7)11(12(14)17-9)13(16)15-8-5-6-8/h7-8H,2-6,14H2,1H3,(H,15,16). The number of hydrogen-bond donors (Lipinski definition) is 2. The zero-order chi connectivity index (χ0) is 12.0. The zero-order valence-corrected chi connectivity index (χ0v) is 10.9. The Morgan fingerprint density at radius 3 is 2.88 bits per heavy atom. The van der Waals surface area contributed by atoms with Crippen molar-refractivity contribution in [3.8, 4) is 0 Å². The Morgan fingerprint density at radius 2 is 2.18 bits per heavy atom. The van der Waals surface area contributed by atoms with Crippen LogP contribution in [0.1, 0.15) is 59.3 Å². The van der Waals surface area contributed by atoms with Crippen LogP contribution in [0.4, 0.5) is 5.00 Å². The van der Waals surface area contributed by atoms with E-state index in [1.807, 2.05) is 0 Å². The lowest BCUT2D eigenvalue weighted by Crippen LogP contribution is -2.27. The topological polar surface area (TPSA) is 55.1 Å². The first kappa shape index (κ1) is 11.1. The second-order valence-corrected chi connectivity index (χ2v) is 6.36. The van der Waals surface area contributed by atoms with Gasteiger partial charge in [0.25, 0.3) is 5.91 Å². The highest BCUT2D eigenvalue weighted by Crippen LogP contribution is 2.42. The van der Waals surface area contributed by atoms with Crippen molar-refractivity contribution >= 4 is 22.2 Å². The van der Waals surface area contributed by atoms with Crippen LogP contribution >= 0.6 is 11.3 Å². The summed E-state index contributed by atoms with van der Waals surface area (Å²) in [4.78, 5) is 13.5. The molecule has 4 heteroatoms. The van der Waals surface area contributed by atoms with Crippen molar-refractivity contribution in [3.05, 3.63) is 16.0 Å². The largest absolute Gasteiger partial charge is 0.390 e. The Kier molecular flexibility index (Phi) is 2.62. The minimum Gasteiger partial charge on any atom is -0.390 e. The Labute approximate surface area is 105 Å². The highest BCUT2D eigenvalue weighted by atomic mass is 32.1. The summed E-state index contributed by atoms with van der Waals surface area (Å²) in [6, 6.07) is 0.399. The van der Waals surface area contributed by atoms with Crippen LogP contribution in [0, 0.1) is 0 Å².